The monoisotopic (exact) mass is 438 g/mol. The van der Waals surface area contributed by atoms with Crippen LogP contribution >= 0.6 is 0 Å². The van der Waals surface area contributed by atoms with Crippen LogP contribution in [0.3, 0.4) is 0 Å². The molecule has 5 N–H and O–H groups in total. The second-order valence-corrected chi connectivity index (χ2v) is 9.67. The fourth-order valence-corrected chi connectivity index (χ4v) is 5.09. The lowest BCUT2D eigenvalue weighted by molar-refractivity contribution is -0.119. The minimum atomic E-state index is -0.257. The lowest BCUT2D eigenvalue weighted by Crippen LogP contribution is -2.36. The Bertz CT molecular complexity index is 1010. The third-order valence-corrected chi connectivity index (χ3v) is 6.73. The zero-order valence-electron chi connectivity index (χ0n) is 19.4. The van der Waals surface area contributed by atoms with E-state index in [1.165, 1.54) is 6.33 Å². The van der Waals surface area contributed by atoms with Gasteiger partial charge in [0.1, 0.15) is 17.9 Å². The number of fused-ring (bicyclic) bond motifs is 3. The number of likely N-dealkylation sites (N-methyl/N-ethyl adjacent to an activating group) is 2. The number of nitrogens with two attached hydrogens (primary N) is 2. The highest BCUT2D eigenvalue weighted by Crippen LogP contribution is 2.49. The summed E-state index contributed by atoms with van der Waals surface area (Å²) in [5, 5.41) is 2.72. The summed E-state index contributed by atoms with van der Waals surface area (Å²) in [6, 6.07) is 4.33. The van der Waals surface area contributed by atoms with Gasteiger partial charge in [0.05, 0.1) is 24.0 Å². The van der Waals surface area contributed by atoms with Crippen LogP contribution in [0.25, 0.3) is 11.3 Å². The molecule has 4 rings (SSSR count). The Morgan fingerprint density at radius 1 is 1.25 bits per heavy atom. The van der Waals surface area contributed by atoms with Crippen LogP contribution < -0.4 is 26.4 Å². The molecule has 1 aromatic carbocycles. The molecule has 8 nitrogen and oxygen atoms in total. The van der Waals surface area contributed by atoms with Crippen molar-refractivity contribution in [2.24, 2.45) is 5.73 Å². The second-order valence-electron chi connectivity index (χ2n) is 9.67. The first-order valence-electron chi connectivity index (χ1n) is 11.3. The zero-order chi connectivity index (χ0) is 23.0. The van der Waals surface area contributed by atoms with Crippen LogP contribution in [-0.2, 0) is 16.6 Å². The Morgan fingerprint density at radius 3 is 2.66 bits per heavy atom. The maximum Gasteiger partial charge on any atom is 0.239 e. The van der Waals surface area contributed by atoms with Gasteiger partial charge in [-0.2, -0.15) is 0 Å². The maximum atomic E-state index is 12.2. The highest BCUT2D eigenvalue weighted by Gasteiger charge is 2.37. The number of aromatic nitrogens is 2. The summed E-state index contributed by atoms with van der Waals surface area (Å²) in [6.45, 7) is 4.55. The SMILES string of the molecule is CNC(=O)CN(C)c1c(OC2CCC(N)CC2)ccc2c1CC(C)(C)c1c(N)ncnc1-2. The van der Waals surface area contributed by atoms with Gasteiger partial charge >= 0.3 is 0 Å². The van der Waals surface area contributed by atoms with E-state index in [0.717, 1.165) is 65.9 Å². The molecule has 0 saturated heterocycles. The summed E-state index contributed by atoms with van der Waals surface area (Å²) in [5.41, 5.74) is 17.0. The third kappa shape index (κ3) is 4.11. The molecule has 172 valence electrons. The fourth-order valence-electron chi connectivity index (χ4n) is 5.09. The summed E-state index contributed by atoms with van der Waals surface area (Å²) >= 11 is 0. The van der Waals surface area contributed by atoms with Gasteiger partial charge in [0.15, 0.2) is 0 Å². The molecule has 0 bridgehead atoms. The summed E-state index contributed by atoms with van der Waals surface area (Å²) in [5.74, 6) is 1.27. The lowest BCUT2D eigenvalue weighted by Gasteiger charge is -2.37. The Morgan fingerprint density at radius 2 is 1.97 bits per heavy atom. The quantitative estimate of drug-likeness (QED) is 0.656. The standard InChI is InChI=1S/C24H34N6O2/c1-24(2)11-17-16(21-20(24)23(26)29-13-28-21)9-10-18(22(17)30(4)12-19(31)27-3)32-15-7-5-14(25)6-8-15/h9-10,13-15H,5-8,11-12,25H2,1-4H3,(H,27,31)(H2,26,28,29). The molecule has 32 heavy (non-hydrogen) atoms. The van der Waals surface area contributed by atoms with Gasteiger partial charge in [-0.1, -0.05) is 13.8 Å². The molecular formula is C24H34N6O2. The highest BCUT2D eigenvalue weighted by atomic mass is 16.5. The number of amides is 1. The van der Waals surface area contributed by atoms with E-state index < -0.39 is 0 Å². The van der Waals surface area contributed by atoms with Gasteiger partial charge in [-0.05, 0) is 55.2 Å². The summed E-state index contributed by atoms with van der Waals surface area (Å²) in [4.78, 5) is 23.0. The zero-order valence-corrected chi connectivity index (χ0v) is 19.4. The third-order valence-electron chi connectivity index (χ3n) is 6.73. The van der Waals surface area contributed by atoms with Gasteiger partial charge in [-0.15, -0.1) is 0 Å². The molecule has 2 aromatic rings. The molecule has 2 aliphatic rings. The van der Waals surface area contributed by atoms with Crippen molar-refractivity contribution < 1.29 is 9.53 Å². The van der Waals surface area contributed by atoms with E-state index in [1.807, 2.05) is 18.0 Å². The molecule has 2 aliphatic carbocycles. The van der Waals surface area contributed by atoms with Gasteiger partial charge in [0.2, 0.25) is 5.91 Å². The van der Waals surface area contributed by atoms with Gasteiger partial charge in [-0.25, -0.2) is 9.97 Å². The Labute approximate surface area is 189 Å². The average molecular weight is 439 g/mol. The van der Waals surface area contributed by atoms with Crippen molar-refractivity contribution in [3.8, 4) is 17.0 Å². The van der Waals surface area contributed by atoms with Crippen LogP contribution in [0.5, 0.6) is 5.75 Å². The fraction of sp³-hybridized carbons (Fsp3) is 0.542. The Hall–Kier alpha value is -2.87. The van der Waals surface area contributed by atoms with Crippen LogP contribution in [0.4, 0.5) is 11.5 Å². The molecular weight excluding hydrogens is 404 g/mol. The van der Waals surface area contributed by atoms with Crippen LogP contribution in [0.1, 0.15) is 50.7 Å². The molecule has 0 unspecified atom stereocenters. The number of nitrogen functional groups attached to an aromatic ring is 1. The minimum Gasteiger partial charge on any atom is -0.488 e. The number of ether oxygens (including phenoxy) is 1. The lowest BCUT2D eigenvalue weighted by atomic mass is 9.71. The van der Waals surface area contributed by atoms with Gasteiger partial charge in [0, 0.05) is 31.3 Å². The predicted molar refractivity (Wildman–Crippen MR) is 127 cm³/mol. The van der Waals surface area contributed by atoms with Crippen LogP contribution in [0.15, 0.2) is 18.5 Å². The van der Waals surface area contributed by atoms with E-state index >= 15 is 0 Å². The molecule has 1 fully saturated rings. The van der Waals surface area contributed by atoms with Crippen molar-refractivity contribution in [3.05, 3.63) is 29.6 Å². The van der Waals surface area contributed by atoms with Gasteiger partial charge < -0.3 is 26.4 Å². The van der Waals surface area contributed by atoms with Crippen molar-refractivity contribution in [1.29, 1.82) is 0 Å². The molecule has 1 heterocycles. The maximum absolute atomic E-state index is 12.2. The molecule has 1 saturated carbocycles. The number of rotatable bonds is 5. The number of nitrogens with one attached hydrogen (secondary N) is 1. The Balaban J connectivity index is 1.82. The van der Waals surface area contributed by atoms with Crippen LogP contribution in [-0.4, -0.2) is 48.7 Å². The summed E-state index contributed by atoms with van der Waals surface area (Å²) < 4.78 is 6.53. The smallest absolute Gasteiger partial charge is 0.239 e. The molecule has 0 aliphatic heterocycles. The largest absolute Gasteiger partial charge is 0.488 e. The van der Waals surface area contributed by atoms with Crippen molar-refractivity contribution in [3.63, 3.8) is 0 Å². The molecule has 1 amide bonds. The molecule has 0 spiro atoms. The molecule has 8 heteroatoms. The van der Waals surface area contributed by atoms with E-state index in [9.17, 15) is 4.79 Å². The Kier molecular flexibility index (Phi) is 5.99. The summed E-state index contributed by atoms with van der Waals surface area (Å²) in [6.07, 6.45) is 6.20. The van der Waals surface area contributed by atoms with E-state index in [4.69, 9.17) is 16.2 Å². The summed E-state index contributed by atoms with van der Waals surface area (Å²) in [7, 11) is 3.59. The van der Waals surface area contributed by atoms with E-state index in [2.05, 4.69) is 35.2 Å². The first kappa shape index (κ1) is 22.3. The highest BCUT2D eigenvalue weighted by molar-refractivity contribution is 5.86. The number of nitrogens with zero attached hydrogens (tertiary/aromatic N) is 3. The second kappa shape index (κ2) is 8.58. The topological polar surface area (TPSA) is 119 Å². The average Bonchev–Trinajstić information content (AvgIpc) is 2.74. The predicted octanol–water partition coefficient (Wildman–Crippen LogP) is 2.39. The number of carbonyl (C=O) groups is 1. The van der Waals surface area contributed by atoms with Gasteiger partial charge in [-0.3, -0.25) is 4.79 Å². The first-order valence-corrected chi connectivity index (χ1v) is 11.3. The minimum absolute atomic E-state index is 0.0540. The number of benzene rings is 1. The molecule has 0 radical (unpaired) electrons. The van der Waals surface area contributed by atoms with Crippen LogP contribution in [0.2, 0.25) is 0 Å². The van der Waals surface area contributed by atoms with Gasteiger partial charge in [0.25, 0.3) is 0 Å². The normalized spacial score (nSPS) is 21.3. The molecule has 0 atom stereocenters. The van der Waals surface area contributed by atoms with Crippen LogP contribution in [0, 0.1) is 0 Å². The number of anilines is 2. The van der Waals surface area contributed by atoms with Crippen molar-refractivity contribution >= 4 is 17.4 Å². The van der Waals surface area contributed by atoms with Crippen molar-refractivity contribution in [2.75, 3.05) is 31.3 Å². The van der Waals surface area contributed by atoms with E-state index in [0.29, 0.717) is 5.82 Å². The first-order chi connectivity index (χ1) is 15.2. The number of hydrogen-bond acceptors (Lipinski definition) is 7. The number of carbonyl (C=O) groups excluding carboxylic acids is 1. The number of hydrogen-bond donors (Lipinski definition) is 3. The van der Waals surface area contributed by atoms with Crippen molar-refractivity contribution in [2.45, 2.75) is 63.5 Å². The van der Waals surface area contributed by atoms with E-state index in [-0.39, 0.29) is 30.0 Å². The van der Waals surface area contributed by atoms with Crippen molar-refractivity contribution in [1.82, 2.24) is 15.3 Å². The molecule has 1 aromatic heterocycles. The van der Waals surface area contributed by atoms with E-state index in [1.54, 1.807) is 7.05 Å².